The molecule has 1 aliphatic carbocycles. The lowest BCUT2D eigenvalue weighted by atomic mass is 9.90. The molecule has 0 spiro atoms. The van der Waals surface area contributed by atoms with E-state index in [1.54, 1.807) is 0 Å². The third kappa shape index (κ3) is 6.42. The van der Waals surface area contributed by atoms with Gasteiger partial charge < -0.3 is 16.0 Å². The van der Waals surface area contributed by atoms with Gasteiger partial charge in [0, 0.05) is 17.8 Å². The number of carbonyl (C=O) groups excluding carboxylic acids is 1. The number of hydrogen-bond donors (Lipinski definition) is 2. The number of amides is 1. The van der Waals surface area contributed by atoms with Crippen LogP contribution < -0.4 is 11.1 Å². The maximum absolute atomic E-state index is 12.1. The predicted octanol–water partition coefficient (Wildman–Crippen LogP) is 2.64. The second kappa shape index (κ2) is 9.93. The van der Waals surface area contributed by atoms with Gasteiger partial charge in [0.05, 0.1) is 6.42 Å². The number of nitrogens with one attached hydrogen (secondary N) is 1. The van der Waals surface area contributed by atoms with Gasteiger partial charge in [-0.05, 0) is 57.5 Å². The summed E-state index contributed by atoms with van der Waals surface area (Å²) in [6.07, 6.45) is 5.01. The van der Waals surface area contributed by atoms with Crippen molar-refractivity contribution in [1.29, 1.82) is 0 Å². The number of anilines is 1. The van der Waals surface area contributed by atoms with E-state index < -0.39 is 0 Å². The van der Waals surface area contributed by atoms with Crippen LogP contribution in [0.3, 0.4) is 0 Å². The molecule has 1 fully saturated rings. The van der Waals surface area contributed by atoms with Crippen LogP contribution >= 0.6 is 24.8 Å². The molecule has 126 valence electrons. The van der Waals surface area contributed by atoms with Gasteiger partial charge in [0.15, 0.2) is 0 Å². The third-order valence-corrected chi connectivity index (χ3v) is 4.09. The SMILES string of the molecule is CN(C)C1CCCC(NC(=O)Cc2ccc(N)cc2)C1.Cl.Cl. The highest BCUT2D eigenvalue weighted by Crippen LogP contribution is 2.21. The van der Waals surface area contributed by atoms with Crippen molar-refractivity contribution < 1.29 is 4.79 Å². The van der Waals surface area contributed by atoms with Gasteiger partial charge >= 0.3 is 0 Å². The van der Waals surface area contributed by atoms with E-state index in [0.717, 1.165) is 24.1 Å². The third-order valence-electron chi connectivity index (χ3n) is 4.09. The summed E-state index contributed by atoms with van der Waals surface area (Å²) in [5.74, 6) is 0.110. The fraction of sp³-hybridized carbons (Fsp3) is 0.562. The number of rotatable bonds is 4. The Kier molecular flexibility index (Phi) is 9.49. The Balaban J connectivity index is 0.00000220. The van der Waals surface area contributed by atoms with Crippen LogP contribution in [0.2, 0.25) is 0 Å². The number of nitrogens with two attached hydrogens (primary N) is 1. The molecule has 1 amide bonds. The maximum Gasteiger partial charge on any atom is 0.224 e. The topological polar surface area (TPSA) is 58.4 Å². The molecule has 0 saturated heterocycles. The quantitative estimate of drug-likeness (QED) is 0.823. The van der Waals surface area contributed by atoms with Crippen LogP contribution in [0.5, 0.6) is 0 Å². The molecule has 22 heavy (non-hydrogen) atoms. The zero-order valence-electron chi connectivity index (χ0n) is 13.2. The van der Waals surface area contributed by atoms with Gasteiger partial charge in [0.25, 0.3) is 0 Å². The van der Waals surface area contributed by atoms with Crippen LogP contribution in [-0.2, 0) is 11.2 Å². The summed E-state index contributed by atoms with van der Waals surface area (Å²) in [5, 5.41) is 3.17. The second-order valence-corrected chi connectivity index (χ2v) is 5.97. The van der Waals surface area contributed by atoms with Crippen LogP contribution in [0.4, 0.5) is 5.69 Å². The van der Waals surface area contributed by atoms with Crippen molar-refractivity contribution in [2.75, 3.05) is 19.8 Å². The highest BCUT2D eigenvalue weighted by molar-refractivity contribution is 5.85. The van der Waals surface area contributed by atoms with E-state index in [0.29, 0.717) is 18.5 Å². The molecule has 1 aliphatic rings. The Hall–Kier alpha value is -0.970. The minimum absolute atomic E-state index is 0. The first-order valence-corrected chi connectivity index (χ1v) is 7.35. The average molecular weight is 348 g/mol. The zero-order chi connectivity index (χ0) is 14.5. The van der Waals surface area contributed by atoms with Gasteiger partial charge in [-0.15, -0.1) is 24.8 Å². The molecule has 1 aromatic rings. The minimum atomic E-state index is 0. The lowest BCUT2D eigenvalue weighted by molar-refractivity contribution is -0.121. The van der Waals surface area contributed by atoms with Crippen molar-refractivity contribution in [2.45, 2.75) is 44.2 Å². The molecular formula is C16H27Cl2N3O. The van der Waals surface area contributed by atoms with Crippen LogP contribution in [0.25, 0.3) is 0 Å². The summed E-state index contributed by atoms with van der Waals surface area (Å²) in [4.78, 5) is 14.3. The number of nitrogens with zero attached hydrogens (tertiary/aromatic N) is 1. The fourth-order valence-electron chi connectivity index (χ4n) is 2.86. The van der Waals surface area contributed by atoms with Gasteiger partial charge in [0.1, 0.15) is 0 Å². The number of benzene rings is 1. The molecule has 2 unspecified atom stereocenters. The van der Waals surface area contributed by atoms with E-state index in [1.807, 2.05) is 24.3 Å². The van der Waals surface area contributed by atoms with Gasteiger partial charge in [-0.2, -0.15) is 0 Å². The standard InChI is InChI=1S/C16H25N3O.2ClH/c1-19(2)15-5-3-4-14(11-15)18-16(20)10-12-6-8-13(17)9-7-12;;/h6-9,14-15H,3-5,10-11,17H2,1-2H3,(H,18,20);2*1H. The van der Waals surface area contributed by atoms with Crippen molar-refractivity contribution >= 4 is 36.4 Å². The Bertz CT molecular complexity index is 451. The summed E-state index contributed by atoms with van der Waals surface area (Å²) in [5.41, 5.74) is 7.39. The van der Waals surface area contributed by atoms with Gasteiger partial charge in [0.2, 0.25) is 5.91 Å². The Morgan fingerprint density at radius 2 is 1.86 bits per heavy atom. The fourth-order valence-corrected chi connectivity index (χ4v) is 2.86. The highest BCUT2D eigenvalue weighted by Gasteiger charge is 2.24. The van der Waals surface area contributed by atoms with Gasteiger partial charge in [-0.1, -0.05) is 12.1 Å². The average Bonchev–Trinajstić information content (AvgIpc) is 2.41. The molecule has 0 heterocycles. The Morgan fingerprint density at radius 3 is 2.45 bits per heavy atom. The van der Waals surface area contributed by atoms with Crippen molar-refractivity contribution in [3.05, 3.63) is 29.8 Å². The number of halogens is 2. The lowest BCUT2D eigenvalue weighted by Gasteiger charge is -2.33. The van der Waals surface area contributed by atoms with E-state index in [1.165, 1.54) is 12.8 Å². The molecule has 4 nitrogen and oxygen atoms in total. The minimum Gasteiger partial charge on any atom is -0.399 e. The molecule has 0 aromatic heterocycles. The number of hydrogen-bond acceptors (Lipinski definition) is 3. The summed E-state index contributed by atoms with van der Waals surface area (Å²) in [7, 11) is 4.23. The largest absolute Gasteiger partial charge is 0.399 e. The molecule has 2 atom stereocenters. The zero-order valence-corrected chi connectivity index (χ0v) is 14.9. The molecule has 6 heteroatoms. The van der Waals surface area contributed by atoms with E-state index >= 15 is 0 Å². The van der Waals surface area contributed by atoms with Gasteiger partial charge in [-0.3, -0.25) is 4.79 Å². The van der Waals surface area contributed by atoms with E-state index in [9.17, 15) is 4.79 Å². The highest BCUT2D eigenvalue weighted by atomic mass is 35.5. The molecule has 0 bridgehead atoms. The van der Waals surface area contributed by atoms with Gasteiger partial charge in [-0.25, -0.2) is 0 Å². The van der Waals surface area contributed by atoms with Crippen molar-refractivity contribution in [2.24, 2.45) is 0 Å². The molecule has 1 aromatic carbocycles. The van der Waals surface area contributed by atoms with Crippen LogP contribution in [0.15, 0.2) is 24.3 Å². The maximum atomic E-state index is 12.1. The first-order chi connectivity index (χ1) is 9.54. The molecule has 2 rings (SSSR count). The smallest absolute Gasteiger partial charge is 0.224 e. The van der Waals surface area contributed by atoms with E-state index in [2.05, 4.69) is 24.3 Å². The summed E-state index contributed by atoms with van der Waals surface area (Å²) in [6, 6.07) is 8.41. The van der Waals surface area contributed by atoms with E-state index in [-0.39, 0.29) is 30.7 Å². The second-order valence-electron chi connectivity index (χ2n) is 5.97. The van der Waals surface area contributed by atoms with Crippen molar-refractivity contribution in [1.82, 2.24) is 10.2 Å². The van der Waals surface area contributed by atoms with Crippen LogP contribution in [-0.4, -0.2) is 37.0 Å². The summed E-state index contributed by atoms with van der Waals surface area (Å²) in [6.45, 7) is 0. The predicted molar refractivity (Wildman–Crippen MR) is 96.9 cm³/mol. The van der Waals surface area contributed by atoms with Crippen LogP contribution in [0.1, 0.15) is 31.2 Å². The Labute approximate surface area is 145 Å². The monoisotopic (exact) mass is 347 g/mol. The summed E-state index contributed by atoms with van der Waals surface area (Å²) < 4.78 is 0. The van der Waals surface area contributed by atoms with Crippen molar-refractivity contribution in [3.63, 3.8) is 0 Å². The molecule has 0 radical (unpaired) electrons. The molecule has 0 aliphatic heterocycles. The Morgan fingerprint density at radius 1 is 1.23 bits per heavy atom. The molecule has 3 N–H and O–H groups in total. The molecule has 1 saturated carbocycles. The lowest BCUT2D eigenvalue weighted by Crippen LogP contribution is -2.44. The number of nitrogen functional groups attached to an aromatic ring is 1. The normalized spacial score (nSPS) is 20.7. The first kappa shape index (κ1) is 21.0. The first-order valence-electron chi connectivity index (χ1n) is 7.35. The van der Waals surface area contributed by atoms with E-state index in [4.69, 9.17) is 5.73 Å². The number of carbonyl (C=O) groups is 1. The summed E-state index contributed by atoms with van der Waals surface area (Å²) >= 11 is 0. The van der Waals surface area contributed by atoms with Crippen LogP contribution in [0, 0.1) is 0 Å². The van der Waals surface area contributed by atoms with Crippen molar-refractivity contribution in [3.8, 4) is 0 Å². The molecular weight excluding hydrogens is 321 g/mol.